The summed E-state index contributed by atoms with van der Waals surface area (Å²) in [5.74, 6) is -0.611. The molecule has 1 unspecified atom stereocenters. The molecule has 0 aliphatic heterocycles. The number of fused-ring (bicyclic) bond motifs is 1. The molecule has 0 amide bonds. The highest BCUT2D eigenvalue weighted by Crippen LogP contribution is 2.47. The van der Waals surface area contributed by atoms with Crippen LogP contribution in [-0.2, 0) is 16.1 Å². The Morgan fingerprint density at radius 2 is 2.23 bits per heavy atom. The number of alkyl halides is 3. The monoisotopic (exact) mass is 313 g/mol. The number of ether oxygens (including phenoxy) is 1. The first-order valence-electron chi connectivity index (χ1n) is 6.95. The molecular weight excluding hydrogens is 299 g/mol. The lowest BCUT2D eigenvalue weighted by molar-refractivity contribution is -0.145. The van der Waals surface area contributed by atoms with Gasteiger partial charge in [0, 0.05) is 17.0 Å². The maximum absolute atomic E-state index is 12.5. The van der Waals surface area contributed by atoms with E-state index in [2.05, 4.69) is 10.1 Å². The lowest BCUT2D eigenvalue weighted by Gasteiger charge is -2.07. The Morgan fingerprint density at radius 1 is 1.45 bits per heavy atom. The molecule has 0 spiro atoms. The van der Waals surface area contributed by atoms with E-state index in [-0.39, 0.29) is 23.5 Å². The fraction of sp³-hybridized carbons (Fsp3) is 0.500. The second kappa shape index (κ2) is 5.26. The molecule has 0 aromatic carbocycles. The molecule has 2 aromatic rings. The lowest BCUT2D eigenvalue weighted by Crippen LogP contribution is -2.18. The van der Waals surface area contributed by atoms with Gasteiger partial charge in [0.05, 0.1) is 18.7 Å². The van der Waals surface area contributed by atoms with Gasteiger partial charge in [-0.25, -0.2) is 9.67 Å². The van der Waals surface area contributed by atoms with Crippen molar-refractivity contribution in [2.75, 3.05) is 6.61 Å². The van der Waals surface area contributed by atoms with Gasteiger partial charge >= 0.3 is 12.1 Å². The highest BCUT2D eigenvalue weighted by Gasteiger charge is 2.46. The summed E-state index contributed by atoms with van der Waals surface area (Å²) in [7, 11) is 0. The van der Waals surface area contributed by atoms with Crippen molar-refractivity contribution in [3.63, 3.8) is 0 Å². The second-order valence-electron chi connectivity index (χ2n) is 5.27. The van der Waals surface area contributed by atoms with Crippen LogP contribution in [0.1, 0.15) is 25.0 Å². The summed E-state index contributed by atoms with van der Waals surface area (Å²) < 4.78 is 43.3. The van der Waals surface area contributed by atoms with Gasteiger partial charge in [0.1, 0.15) is 6.54 Å². The van der Waals surface area contributed by atoms with Crippen LogP contribution < -0.4 is 0 Å². The molecule has 1 aliphatic rings. The summed E-state index contributed by atoms with van der Waals surface area (Å²) in [4.78, 5) is 15.9. The minimum absolute atomic E-state index is 0.0855. The first-order chi connectivity index (χ1) is 10.4. The van der Waals surface area contributed by atoms with E-state index in [0.29, 0.717) is 24.1 Å². The normalized spacial score (nSPS) is 21.1. The topological polar surface area (TPSA) is 57.0 Å². The SMILES string of the molecule is CCOC(=O)C1C[C@@H]1c1ccc2cnn(CC(F)(F)F)c2n1. The Hall–Kier alpha value is -2.12. The van der Waals surface area contributed by atoms with E-state index in [9.17, 15) is 18.0 Å². The third kappa shape index (κ3) is 2.90. The first kappa shape index (κ1) is 14.8. The van der Waals surface area contributed by atoms with Gasteiger partial charge in [0.25, 0.3) is 0 Å². The summed E-state index contributed by atoms with van der Waals surface area (Å²) >= 11 is 0. The molecule has 1 saturated carbocycles. The fourth-order valence-electron chi connectivity index (χ4n) is 2.49. The minimum atomic E-state index is -4.36. The van der Waals surface area contributed by atoms with Gasteiger partial charge < -0.3 is 4.74 Å². The van der Waals surface area contributed by atoms with E-state index in [4.69, 9.17) is 4.74 Å². The standard InChI is InChI=1S/C14H14F3N3O2/c1-2-22-13(21)10-5-9(10)11-4-3-8-6-18-20(12(8)19-11)7-14(15,16)17/h3-4,6,9-10H,2,5,7H2,1H3/t9-,10?/m0/s1. The number of pyridine rings is 1. The fourth-order valence-corrected chi connectivity index (χ4v) is 2.49. The van der Waals surface area contributed by atoms with Crippen LogP contribution in [0.25, 0.3) is 11.0 Å². The smallest absolute Gasteiger partial charge is 0.408 e. The summed E-state index contributed by atoms with van der Waals surface area (Å²) in [6.45, 7) is 0.862. The molecular formula is C14H14F3N3O2. The van der Waals surface area contributed by atoms with Crippen LogP contribution in [0.3, 0.4) is 0 Å². The molecule has 118 valence electrons. The number of nitrogens with zero attached hydrogens (tertiary/aromatic N) is 3. The van der Waals surface area contributed by atoms with Gasteiger partial charge in [0.15, 0.2) is 5.65 Å². The lowest BCUT2D eigenvalue weighted by atomic mass is 10.2. The van der Waals surface area contributed by atoms with Crippen LogP contribution in [0.5, 0.6) is 0 Å². The Morgan fingerprint density at radius 3 is 2.91 bits per heavy atom. The maximum atomic E-state index is 12.5. The van der Waals surface area contributed by atoms with Crippen LogP contribution in [0.2, 0.25) is 0 Å². The van der Waals surface area contributed by atoms with E-state index in [0.717, 1.165) is 4.68 Å². The van der Waals surface area contributed by atoms with Crippen molar-refractivity contribution in [2.24, 2.45) is 5.92 Å². The van der Waals surface area contributed by atoms with Gasteiger partial charge in [-0.15, -0.1) is 0 Å². The van der Waals surface area contributed by atoms with E-state index in [1.165, 1.54) is 6.20 Å². The Balaban J connectivity index is 1.84. The summed E-state index contributed by atoms with van der Waals surface area (Å²) in [6.07, 6.45) is -2.39. The van der Waals surface area contributed by atoms with E-state index in [1.54, 1.807) is 19.1 Å². The minimum Gasteiger partial charge on any atom is -0.466 e. The van der Waals surface area contributed by atoms with Crippen molar-refractivity contribution in [2.45, 2.75) is 32.0 Å². The molecule has 5 nitrogen and oxygen atoms in total. The zero-order valence-corrected chi connectivity index (χ0v) is 11.8. The molecule has 0 radical (unpaired) electrons. The summed E-state index contributed by atoms with van der Waals surface area (Å²) in [6, 6.07) is 3.41. The average molecular weight is 313 g/mol. The molecule has 0 bridgehead atoms. The average Bonchev–Trinajstić information content (AvgIpc) is 3.15. The third-order valence-electron chi connectivity index (χ3n) is 3.60. The van der Waals surface area contributed by atoms with Crippen LogP contribution in [0.4, 0.5) is 13.2 Å². The van der Waals surface area contributed by atoms with Crippen molar-refractivity contribution in [1.29, 1.82) is 0 Å². The van der Waals surface area contributed by atoms with Crippen LogP contribution in [0, 0.1) is 5.92 Å². The highest BCUT2D eigenvalue weighted by atomic mass is 19.4. The number of rotatable bonds is 4. The molecule has 2 heterocycles. The summed E-state index contributed by atoms with van der Waals surface area (Å²) in [5, 5.41) is 4.27. The zero-order valence-electron chi connectivity index (χ0n) is 11.8. The van der Waals surface area contributed by atoms with Crippen molar-refractivity contribution in [1.82, 2.24) is 14.8 Å². The molecule has 0 saturated heterocycles. The van der Waals surface area contributed by atoms with Gasteiger partial charge in [-0.1, -0.05) is 0 Å². The number of hydrogen-bond donors (Lipinski definition) is 0. The molecule has 1 aliphatic carbocycles. The first-order valence-corrected chi connectivity index (χ1v) is 6.95. The largest absolute Gasteiger partial charge is 0.466 e. The summed E-state index contributed by atoms with van der Waals surface area (Å²) in [5.41, 5.74) is 0.791. The van der Waals surface area contributed by atoms with Crippen molar-refractivity contribution in [3.05, 3.63) is 24.0 Å². The quantitative estimate of drug-likeness (QED) is 0.814. The van der Waals surface area contributed by atoms with E-state index < -0.39 is 12.7 Å². The molecule has 3 rings (SSSR count). The van der Waals surface area contributed by atoms with Crippen LogP contribution in [-0.4, -0.2) is 33.5 Å². The third-order valence-corrected chi connectivity index (χ3v) is 3.60. The van der Waals surface area contributed by atoms with E-state index in [1.807, 2.05) is 0 Å². The maximum Gasteiger partial charge on any atom is 0.408 e. The molecule has 1 fully saturated rings. The molecule has 8 heteroatoms. The Bertz CT molecular complexity index is 711. The number of hydrogen-bond acceptors (Lipinski definition) is 4. The zero-order chi connectivity index (χ0) is 15.9. The Kier molecular flexibility index (Phi) is 3.54. The predicted octanol–water partition coefficient (Wildman–Crippen LogP) is 2.66. The van der Waals surface area contributed by atoms with Gasteiger partial charge in [-0.3, -0.25) is 4.79 Å². The predicted molar refractivity (Wildman–Crippen MR) is 71.1 cm³/mol. The molecule has 2 atom stereocenters. The molecule has 2 aromatic heterocycles. The van der Waals surface area contributed by atoms with Gasteiger partial charge in [0.2, 0.25) is 0 Å². The van der Waals surface area contributed by atoms with Gasteiger partial charge in [-0.05, 0) is 25.5 Å². The number of halogens is 3. The van der Waals surface area contributed by atoms with E-state index >= 15 is 0 Å². The second-order valence-corrected chi connectivity index (χ2v) is 5.27. The van der Waals surface area contributed by atoms with Gasteiger partial charge in [-0.2, -0.15) is 18.3 Å². The number of aromatic nitrogens is 3. The highest BCUT2D eigenvalue weighted by molar-refractivity contribution is 5.78. The molecule has 0 N–H and O–H groups in total. The number of carbonyl (C=O) groups excluding carboxylic acids is 1. The number of esters is 1. The van der Waals surface area contributed by atoms with Crippen LogP contribution >= 0.6 is 0 Å². The van der Waals surface area contributed by atoms with Crippen LogP contribution in [0.15, 0.2) is 18.3 Å². The Labute approximate surface area is 124 Å². The van der Waals surface area contributed by atoms with Crippen molar-refractivity contribution >= 4 is 17.0 Å². The van der Waals surface area contributed by atoms with Crippen molar-refractivity contribution < 1.29 is 22.7 Å². The van der Waals surface area contributed by atoms with Crippen molar-refractivity contribution in [3.8, 4) is 0 Å². The molecule has 22 heavy (non-hydrogen) atoms. The number of carbonyl (C=O) groups is 1.